The summed E-state index contributed by atoms with van der Waals surface area (Å²) in [6, 6.07) is 14.2. The van der Waals surface area contributed by atoms with Crippen LogP contribution >= 0.6 is 11.6 Å². The molecule has 1 atom stereocenters. The first kappa shape index (κ1) is 29.5. The van der Waals surface area contributed by atoms with Crippen LogP contribution in [0.15, 0.2) is 48.5 Å². The van der Waals surface area contributed by atoms with Crippen molar-refractivity contribution in [2.45, 2.75) is 59.0 Å². The van der Waals surface area contributed by atoms with Gasteiger partial charge in [0.2, 0.25) is 0 Å². The summed E-state index contributed by atoms with van der Waals surface area (Å²) in [6.45, 7) is 7.64. The number of para-hydroxylation sites is 1. The third-order valence-electron chi connectivity index (χ3n) is 5.78. The van der Waals surface area contributed by atoms with Crippen molar-refractivity contribution >= 4 is 23.7 Å². The number of halogens is 1. The van der Waals surface area contributed by atoms with Crippen molar-refractivity contribution in [1.29, 1.82) is 0 Å². The number of amides is 1. The normalized spacial score (nSPS) is 11.8. The minimum absolute atomic E-state index is 0.279. The molecule has 2 aromatic rings. The fourth-order valence-corrected chi connectivity index (χ4v) is 4.20. The van der Waals surface area contributed by atoms with Gasteiger partial charge in [-0.1, -0.05) is 62.6 Å². The fourth-order valence-electron chi connectivity index (χ4n) is 4.03. The van der Waals surface area contributed by atoms with E-state index in [2.05, 4.69) is 13.8 Å². The van der Waals surface area contributed by atoms with Crippen LogP contribution in [-0.4, -0.2) is 54.5 Å². The number of benzene rings is 2. The van der Waals surface area contributed by atoms with Gasteiger partial charge in [0.15, 0.2) is 11.9 Å². The molecule has 0 saturated heterocycles. The number of ether oxygens (including phenoxy) is 3. The van der Waals surface area contributed by atoms with Gasteiger partial charge >= 0.3 is 12.1 Å². The largest absolute Gasteiger partial charge is 0.492 e. The Morgan fingerprint density at radius 1 is 1.00 bits per heavy atom. The average molecular weight is 520 g/mol. The topological polar surface area (TPSA) is 85.3 Å². The maximum Gasteiger partial charge on any atom is 0.415 e. The van der Waals surface area contributed by atoms with Gasteiger partial charge in [-0.3, -0.25) is 0 Å². The summed E-state index contributed by atoms with van der Waals surface area (Å²) < 4.78 is 16.8. The molecule has 1 amide bonds. The Kier molecular flexibility index (Phi) is 13.1. The SMILES string of the molecule is CCCC(CCC)CN(CCOc1ccc(CC(OCC)C(=O)O)cc1)C(=O)Oc1ccccc1Cl. The average Bonchev–Trinajstić information content (AvgIpc) is 2.85. The summed E-state index contributed by atoms with van der Waals surface area (Å²) in [7, 11) is 0. The highest BCUT2D eigenvalue weighted by molar-refractivity contribution is 6.32. The van der Waals surface area contributed by atoms with Crippen molar-refractivity contribution in [2.75, 3.05) is 26.3 Å². The Labute approximate surface area is 219 Å². The molecular weight excluding hydrogens is 482 g/mol. The van der Waals surface area contributed by atoms with Gasteiger partial charge in [0.25, 0.3) is 0 Å². The zero-order valence-corrected chi connectivity index (χ0v) is 22.2. The summed E-state index contributed by atoms with van der Waals surface area (Å²) >= 11 is 6.18. The first-order valence-corrected chi connectivity index (χ1v) is 13.0. The van der Waals surface area contributed by atoms with Crippen molar-refractivity contribution in [3.05, 3.63) is 59.1 Å². The molecule has 0 fully saturated rings. The monoisotopic (exact) mass is 519 g/mol. The van der Waals surface area contributed by atoms with Crippen molar-refractivity contribution < 1.29 is 28.9 Å². The summed E-state index contributed by atoms with van der Waals surface area (Å²) in [5.41, 5.74) is 0.843. The molecule has 0 aliphatic carbocycles. The fraction of sp³-hybridized carbons (Fsp3) is 0.500. The van der Waals surface area contributed by atoms with E-state index in [4.69, 9.17) is 25.8 Å². The Hall–Kier alpha value is -2.77. The van der Waals surface area contributed by atoms with Crippen LogP contribution in [0.25, 0.3) is 0 Å². The highest BCUT2D eigenvalue weighted by Crippen LogP contribution is 2.24. The van der Waals surface area contributed by atoms with Crippen LogP contribution in [0.1, 0.15) is 52.0 Å². The van der Waals surface area contributed by atoms with E-state index < -0.39 is 18.2 Å². The van der Waals surface area contributed by atoms with Gasteiger partial charge in [0, 0.05) is 19.6 Å². The van der Waals surface area contributed by atoms with Crippen LogP contribution in [0.5, 0.6) is 11.5 Å². The van der Waals surface area contributed by atoms with Crippen molar-refractivity contribution in [1.82, 2.24) is 4.90 Å². The van der Waals surface area contributed by atoms with Crippen molar-refractivity contribution in [3.63, 3.8) is 0 Å². The number of carboxylic acid groups (broad SMARTS) is 1. The molecule has 0 heterocycles. The Morgan fingerprint density at radius 3 is 2.25 bits per heavy atom. The van der Waals surface area contributed by atoms with E-state index in [1.807, 2.05) is 12.1 Å². The number of aliphatic carboxylic acids is 1. The van der Waals surface area contributed by atoms with Gasteiger partial charge in [-0.15, -0.1) is 0 Å². The van der Waals surface area contributed by atoms with E-state index in [9.17, 15) is 14.7 Å². The Balaban J connectivity index is 2.00. The van der Waals surface area contributed by atoms with Gasteiger partial charge in [-0.25, -0.2) is 9.59 Å². The van der Waals surface area contributed by atoms with Gasteiger partial charge < -0.3 is 24.2 Å². The lowest BCUT2D eigenvalue weighted by Gasteiger charge is -2.27. The maximum atomic E-state index is 13.0. The summed E-state index contributed by atoms with van der Waals surface area (Å²) in [4.78, 5) is 26.0. The standard InChI is InChI=1S/C28H38ClNO6/c1-4-9-22(10-5-2)20-30(28(33)36-25-12-8-7-11-24(25)29)17-18-35-23-15-13-21(14-16-23)19-26(27(31)32)34-6-3/h7-8,11-16,22,26H,4-6,9-10,17-20H2,1-3H3,(H,31,32). The van der Waals surface area contributed by atoms with Gasteiger partial charge in [-0.2, -0.15) is 0 Å². The van der Waals surface area contributed by atoms with Crippen LogP contribution in [0.4, 0.5) is 4.79 Å². The molecule has 0 aliphatic rings. The lowest BCUT2D eigenvalue weighted by atomic mass is 9.98. The molecule has 1 N–H and O–H groups in total. The van der Waals surface area contributed by atoms with Gasteiger partial charge in [0.05, 0.1) is 11.6 Å². The number of carboxylic acids is 1. The molecule has 2 rings (SSSR count). The second-order valence-corrected chi connectivity index (χ2v) is 9.07. The quantitative estimate of drug-likeness (QED) is 0.273. The third-order valence-corrected chi connectivity index (χ3v) is 6.09. The van der Waals surface area contributed by atoms with Crippen molar-refractivity contribution in [2.24, 2.45) is 5.92 Å². The molecule has 8 heteroatoms. The number of carbonyl (C=O) groups is 2. The minimum Gasteiger partial charge on any atom is -0.492 e. The highest BCUT2D eigenvalue weighted by atomic mass is 35.5. The summed E-state index contributed by atoms with van der Waals surface area (Å²) in [6.07, 6.45) is 3.12. The highest BCUT2D eigenvalue weighted by Gasteiger charge is 2.21. The second-order valence-electron chi connectivity index (χ2n) is 8.67. The summed E-state index contributed by atoms with van der Waals surface area (Å²) in [5.74, 6) is 0.371. The molecule has 0 radical (unpaired) electrons. The number of hydrogen-bond donors (Lipinski definition) is 1. The molecule has 0 spiro atoms. The number of rotatable bonds is 16. The van der Waals surface area contributed by atoms with Crippen LogP contribution in [-0.2, 0) is 16.0 Å². The van der Waals surface area contributed by atoms with E-state index in [1.165, 1.54) is 0 Å². The molecule has 1 unspecified atom stereocenters. The molecular formula is C28H38ClNO6. The van der Waals surface area contributed by atoms with E-state index >= 15 is 0 Å². The van der Waals surface area contributed by atoms with E-state index in [0.29, 0.717) is 48.7 Å². The molecule has 2 aromatic carbocycles. The lowest BCUT2D eigenvalue weighted by Crippen LogP contribution is -2.40. The van der Waals surface area contributed by atoms with Gasteiger partial charge in [0.1, 0.15) is 12.4 Å². The zero-order chi connectivity index (χ0) is 26.3. The third kappa shape index (κ3) is 10.1. The van der Waals surface area contributed by atoms with Crippen LogP contribution in [0.2, 0.25) is 5.02 Å². The maximum absolute atomic E-state index is 13.0. The minimum atomic E-state index is -0.981. The molecule has 0 saturated carbocycles. The van der Waals surface area contributed by atoms with Crippen LogP contribution < -0.4 is 9.47 Å². The lowest BCUT2D eigenvalue weighted by molar-refractivity contribution is -0.149. The Morgan fingerprint density at radius 2 is 1.67 bits per heavy atom. The zero-order valence-electron chi connectivity index (χ0n) is 21.5. The van der Waals surface area contributed by atoms with Crippen LogP contribution in [0.3, 0.4) is 0 Å². The molecule has 0 bridgehead atoms. The smallest absolute Gasteiger partial charge is 0.415 e. The molecule has 36 heavy (non-hydrogen) atoms. The number of carbonyl (C=O) groups excluding carboxylic acids is 1. The molecule has 198 valence electrons. The van der Waals surface area contributed by atoms with E-state index in [-0.39, 0.29) is 6.42 Å². The number of hydrogen-bond acceptors (Lipinski definition) is 5. The second kappa shape index (κ2) is 16.1. The first-order chi connectivity index (χ1) is 17.4. The predicted molar refractivity (Wildman–Crippen MR) is 141 cm³/mol. The Bertz CT molecular complexity index is 930. The molecule has 7 nitrogen and oxygen atoms in total. The predicted octanol–water partition coefficient (Wildman–Crippen LogP) is 6.47. The summed E-state index contributed by atoms with van der Waals surface area (Å²) in [5, 5.41) is 9.66. The molecule has 0 aliphatic heterocycles. The van der Waals surface area contributed by atoms with E-state index in [1.54, 1.807) is 48.2 Å². The molecule has 0 aromatic heterocycles. The van der Waals surface area contributed by atoms with Crippen LogP contribution in [0, 0.1) is 5.92 Å². The van der Waals surface area contributed by atoms with Gasteiger partial charge in [-0.05, 0) is 55.5 Å². The van der Waals surface area contributed by atoms with Crippen molar-refractivity contribution in [3.8, 4) is 11.5 Å². The first-order valence-electron chi connectivity index (χ1n) is 12.6. The van der Waals surface area contributed by atoms with E-state index in [0.717, 1.165) is 31.2 Å². The number of nitrogens with zero attached hydrogens (tertiary/aromatic N) is 1.